The molecular weight excluding hydrogens is 474 g/mol. The maximum absolute atomic E-state index is 9.13. The normalized spacial score (nSPS) is 16.8. The van der Waals surface area contributed by atoms with Gasteiger partial charge in [-0.05, 0) is 77.4 Å². The molecule has 0 unspecified atom stereocenters. The van der Waals surface area contributed by atoms with E-state index in [1.165, 1.54) is 0 Å². The number of hydrogen-bond donors (Lipinski definition) is 0. The summed E-state index contributed by atoms with van der Waals surface area (Å²) in [4.78, 5) is 4.76. The minimum Gasteiger partial charge on any atom is -0.455 e. The molecule has 7 rings (SSSR count). The predicted molar refractivity (Wildman–Crippen MR) is 163 cm³/mol. The van der Waals surface area contributed by atoms with Crippen molar-refractivity contribution in [2.45, 2.75) is 45.4 Å². The first-order chi connectivity index (χ1) is 19.4. The minimum absolute atomic E-state index is 0.351. The van der Waals surface area contributed by atoms with Crippen molar-refractivity contribution in [3.63, 3.8) is 0 Å². The number of hydrogen-bond acceptors (Lipinski definition) is 2. The lowest BCUT2D eigenvalue weighted by molar-refractivity contribution is 0.224. The number of fused-ring (bicyclic) bond motifs is 3. The zero-order valence-corrected chi connectivity index (χ0v) is 22.6. The van der Waals surface area contributed by atoms with Gasteiger partial charge in [0.25, 0.3) is 0 Å². The van der Waals surface area contributed by atoms with E-state index < -0.39 is 5.89 Å². The Kier molecular flexibility index (Phi) is 5.57. The van der Waals surface area contributed by atoms with Crippen LogP contribution in [0.2, 0.25) is 0 Å². The van der Waals surface area contributed by atoms with Gasteiger partial charge in [0.15, 0.2) is 0 Å². The van der Waals surface area contributed by atoms with Crippen LogP contribution in [-0.2, 0) is 0 Å². The van der Waals surface area contributed by atoms with Crippen LogP contribution >= 0.6 is 0 Å². The van der Waals surface area contributed by atoms with Crippen molar-refractivity contribution in [1.82, 2.24) is 4.98 Å². The van der Waals surface area contributed by atoms with E-state index in [-0.39, 0.29) is 0 Å². The highest BCUT2D eigenvalue weighted by molar-refractivity contribution is 6.12. The average molecular weight is 509 g/mol. The van der Waals surface area contributed by atoms with Gasteiger partial charge in [-0.25, -0.2) is 0 Å². The molecule has 0 aliphatic heterocycles. The van der Waals surface area contributed by atoms with Gasteiger partial charge in [0, 0.05) is 29.5 Å². The first-order valence-corrected chi connectivity index (χ1v) is 14.0. The fourth-order valence-electron chi connectivity index (χ4n) is 6.04. The van der Waals surface area contributed by atoms with Gasteiger partial charge >= 0.3 is 0 Å². The highest BCUT2D eigenvalue weighted by atomic mass is 16.3. The van der Waals surface area contributed by atoms with Crippen LogP contribution < -0.4 is 0 Å². The van der Waals surface area contributed by atoms with E-state index in [2.05, 4.69) is 111 Å². The van der Waals surface area contributed by atoms with E-state index >= 15 is 0 Å². The second kappa shape index (κ2) is 9.54. The second-order valence-corrected chi connectivity index (χ2v) is 11.6. The summed E-state index contributed by atoms with van der Waals surface area (Å²) in [5, 5.41) is 2.21. The third-order valence-electron chi connectivity index (χ3n) is 8.48. The van der Waals surface area contributed by atoms with Crippen LogP contribution in [0, 0.1) is 5.41 Å². The lowest BCUT2D eigenvalue weighted by Gasteiger charge is -2.34. The third kappa shape index (κ3) is 4.44. The lowest BCUT2D eigenvalue weighted by Crippen LogP contribution is -2.20. The first kappa shape index (κ1) is 22.8. The summed E-state index contributed by atoms with van der Waals surface area (Å²) < 4.78 is 15.7. The summed E-state index contributed by atoms with van der Waals surface area (Å²) in [6.07, 6.45) is 5.93. The Hall–Kier alpha value is -4.17. The van der Waals surface area contributed by atoms with Crippen molar-refractivity contribution < 1.29 is 5.79 Å². The molecular formula is C37H33NO. The standard InChI is InChI=1S/C37H33NO/c1-37(2)21-18-27(19-22-37)25-14-16-26(17-15-25)29-20-23-38-34(24-29)33-13-7-12-32-31-11-6-10-30(35(31)39-36(32)33)28-8-4-3-5-9-28/h3-17,20,23-24,27H,18-19,21-22H2,1-2H3/i27D. The van der Waals surface area contributed by atoms with Crippen molar-refractivity contribution in [2.24, 2.45) is 5.41 Å². The smallest absolute Gasteiger partial charge is 0.144 e. The predicted octanol–water partition coefficient (Wildman–Crippen LogP) is 10.7. The Morgan fingerprint density at radius 1 is 0.692 bits per heavy atom. The van der Waals surface area contributed by atoms with Crippen LogP contribution in [0.4, 0.5) is 0 Å². The minimum atomic E-state index is -0.479. The summed E-state index contributed by atoms with van der Waals surface area (Å²) in [5.41, 5.74) is 9.59. The zero-order chi connectivity index (χ0) is 27.3. The van der Waals surface area contributed by atoms with Gasteiger partial charge in [-0.1, -0.05) is 98.8 Å². The SMILES string of the molecule is [2H]C1(c2ccc(-c3ccnc(-c4cccc5c4oc4c(-c6ccccc6)cccc45)c3)cc2)CCC(C)(C)CC1. The molecule has 39 heavy (non-hydrogen) atoms. The summed E-state index contributed by atoms with van der Waals surface area (Å²) in [7, 11) is 0. The Morgan fingerprint density at radius 2 is 1.36 bits per heavy atom. The van der Waals surface area contributed by atoms with Gasteiger partial charge in [-0.15, -0.1) is 0 Å². The fraction of sp³-hybridized carbons (Fsp3) is 0.216. The van der Waals surface area contributed by atoms with Crippen LogP contribution in [0.1, 0.15) is 52.4 Å². The molecule has 0 saturated heterocycles. The summed E-state index contributed by atoms with van der Waals surface area (Å²) in [6, 6.07) is 35.9. The fourth-order valence-corrected chi connectivity index (χ4v) is 6.04. The van der Waals surface area contributed by atoms with Gasteiger partial charge in [-0.2, -0.15) is 0 Å². The molecule has 192 valence electrons. The number of pyridine rings is 1. The third-order valence-corrected chi connectivity index (χ3v) is 8.48. The van der Waals surface area contributed by atoms with Crippen molar-refractivity contribution in [3.05, 3.63) is 115 Å². The maximum atomic E-state index is 9.13. The molecule has 1 fully saturated rings. The number of nitrogens with zero attached hydrogens (tertiary/aromatic N) is 1. The Balaban J connectivity index is 1.26. The van der Waals surface area contributed by atoms with Crippen LogP contribution in [0.5, 0.6) is 0 Å². The molecule has 6 aromatic rings. The molecule has 1 aliphatic rings. The highest BCUT2D eigenvalue weighted by Crippen LogP contribution is 2.43. The molecule has 0 bridgehead atoms. The van der Waals surface area contributed by atoms with Gasteiger partial charge in [0.2, 0.25) is 0 Å². The number of furan rings is 1. The zero-order valence-electron chi connectivity index (χ0n) is 23.6. The van der Waals surface area contributed by atoms with E-state index in [1.807, 2.05) is 12.3 Å². The average Bonchev–Trinajstić information content (AvgIpc) is 3.39. The molecule has 0 spiro atoms. The Morgan fingerprint density at radius 3 is 2.08 bits per heavy atom. The van der Waals surface area contributed by atoms with Crippen LogP contribution in [0.3, 0.4) is 0 Å². The van der Waals surface area contributed by atoms with Crippen molar-refractivity contribution in [2.75, 3.05) is 0 Å². The summed E-state index contributed by atoms with van der Waals surface area (Å²) >= 11 is 0. The largest absolute Gasteiger partial charge is 0.455 e. The highest BCUT2D eigenvalue weighted by Gasteiger charge is 2.27. The van der Waals surface area contributed by atoms with E-state index in [0.29, 0.717) is 5.41 Å². The molecule has 2 heterocycles. The van der Waals surface area contributed by atoms with E-state index in [4.69, 9.17) is 10.8 Å². The van der Waals surface area contributed by atoms with Crippen LogP contribution in [0.15, 0.2) is 114 Å². The monoisotopic (exact) mass is 508 g/mol. The molecule has 2 heteroatoms. The number of para-hydroxylation sites is 2. The maximum Gasteiger partial charge on any atom is 0.144 e. The van der Waals surface area contributed by atoms with E-state index in [1.54, 1.807) is 0 Å². The van der Waals surface area contributed by atoms with Gasteiger partial charge in [0.1, 0.15) is 11.2 Å². The van der Waals surface area contributed by atoms with Gasteiger partial charge in [-0.3, -0.25) is 4.98 Å². The quantitative estimate of drug-likeness (QED) is 0.237. The molecule has 0 radical (unpaired) electrons. The van der Waals surface area contributed by atoms with E-state index in [0.717, 1.165) is 86.7 Å². The molecule has 2 nitrogen and oxygen atoms in total. The molecule has 1 aliphatic carbocycles. The molecule has 0 atom stereocenters. The number of benzene rings is 4. The molecule has 1 saturated carbocycles. The van der Waals surface area contributed by atoms with Crippen molar-refractivity contribution >= 4 is 21.9 Å². The Labute approximate surface area is 231 Å². The molecule has 0 amide bonds. The number of aromatic nitrogens is 1. The van der Waals surface area contributed by atoms with Crippen LogP contribution in [-0.4, -0.2) is 4.98 Å². The first-order valence-electron chi connectivity index (χ1n) is 14.5. The lowest BCUT2D eigenvalue weighted by atomic mass is 9.71. The summed E-state index contributed by atoms with van der Waals surface area (Å²) in [6.45, 7) is 4.65. The van der Waals surface area contributed by atoms with Gasteiger partial charge in [0.05, 0.1) is 5.69 Å². The van der Waals surface area contributed by atoms with Gasteiger partial charge < -0.3 is 4.42 Å². The molecule has 0 N–H and O–H groups in total. The van der Waals surface area contributed by atoms with E-state index in [9.17, 15) is 0 Å². The van der Waals surface area contributed by atoms with Crippen LogP contribution in [0.25, 0.3) is 55.4 Å². The topological polar surface area (TPSA) is 26.0 Å². The Bertz CT molecular complexity index is 1820. The molecule has 2 aromatic heterocycles. The molecule has 4 aromatic carbocycles. The number of rotatable bonds is 4. The summed E-state index contributed by atoms with van der Waals surface area (Å²) in [5.74, 6) is -0.479. The second-order valence-electron chi connectivity index (χ2n) is 11.6. The van der Waals surface area contributed by atoms with Crippen molar-refractivity contribution in [1.29, 1.82) is 0 Å². The van der Waals surface area contributed by atoms with Crippen molar-refractivity contribution in [3.8, 4) is 33.5 Å².